The minimum Gasteiger partial charge on any atom is -0.389 e. The van der Waals surface area contributed by atoms with E-state index in [0.29, 0.717) is 16.6 Å². The summed E-state index contributed by atoms with van der Waals surface area (Å²) in [5.74, 6) is 0.753. The first-order valence-electron chi connectivity index (χ1n) is 6.77. The third-order valence-electron chi connectivity index (χ3n) is 3.76. The highest BCUT2D eigenvalue weighted by molar-refractivity contribution is 7.80. The van der Waals surface area contributed by atoms with Crippen molar-refractivity contribution < 1.29 is 4.79 Å². The van der Waals surface area contributed by atoms with Gasteiger partial charge in [-0.25, -0.2) is 0 Å². The number of hydrogen-bond acceptors (Lipinski definition) is 2. The molecule has 3 nitrogen and oxygen atoms in total. The minimum atomic E-state index is -0.0300. The van der Waals surface area contributed by atoms with Crippen molar-refractivity contribution in [3.8, 4) is 0 Å². The predicted octanol–water partition coefficient (Wildman–Crippen LogP) is 2.63. The molecule has 0 atom stereocenters. The number of nitrogens with two attached hydrogens (primary N) is 1. The van der Waals surface area contributed by atoms with Crippen LogP contribution in [0.2, 0.25) is 0 Å². The van der Waals surface area contributed by atoms with Gasteiger partial charge < -0.3 is 11.1 Å². The van der Waals surface area contributed by atoms with Crippen molar-refractivity contribution in [3.05, 3.63) is 35.4 Å². The molecule has 1 aliphatic carbocycles. The van der Waals surface area contributed by atoms with Crippen molar-refractivity contribution in [3.63, 3.8) is 0 Å². The van der Waals surface area contributed by atoms with Crippen LogP contribution in [-0.4, -0.2) is 16.9 Å². The molecule has 0 heterocycles. The fourth-order valence-corrected chi connectivity index (χ4v) is 2.61. The van der Waals surface area contributed by atoms with E-state index >= 15 is 0 Å². The monoisotopic (exact) mass is 276 g/mol. The summed E-state index contributed by atoms with van der Waals surface area (Å²) in [5, 5.41) is 3.10. The minimum absolute atomic E-state index is 0.0300. The Bertz CT molecular complexity index is 479. The van der Waals surface area contributed by atoms with Crippen molar-refractivity contribution in [2.45, 2.75) is 38.6 Å². The molecule has 3 N–H and O–H groups in total. The molecule has 1 aromatic carbocycles. The Morgan fingerprint density at radius 2 is 1.89 bits per heavy atom. The topological polar surface area (TPSA) is 55.1 Å². The molecular weight excluding hydrogens is 256 g/mol. The average molecular weight is 276 g/mol. The molecule has 4 heteroatoms. The molecule has 2 rings (SSSR count). The van der Waals surface area contributed by atoms with Gasteiger partial charge in [0, 0.05) is 17.2 Å². The maximum atomic E-state index is 12.2. The fourth-order valence-electron chi connectivity index (χ4n) is 2.49. The lowest BCUT2D eigenvalue weighted by Crippen LogP contribution is -2.37. The zero-order chi connectivity index (χ0) is 13.8. The van der Waals surface area contributed by atoms with Gasteiger partial charge in [0.15, 0.2) is 0 Å². The van der Waals surface area contributed by atoms with Crippen molar-refractivity contribution in [2.75, 3.05) is 0 Å². The van der Waals surface area contributed by atoms with Crippen molar-refractivity contribution in [1.82, 2.24) is 5.32 Å². The SMILES string of the molecule is CC1CCC(NC(=O)c2cccc(C(N)=S)c2)CC1. The van der Waals surface area contributed by atoms with Crippen LogP contribution in [0, 0.1) is 5.92 Å². The number of amides is 1. The Labute approximate surface area is 119 Å². The van der Waals surface area contributed by atoms with Gasteiger partial charge in [-0.3, -0.25) is 4.79 Å². The second-order valence-corrected chi connectivity index (χ2v) is 5.82. The largest absolute Gasteiger partial charge is 0.389 e. The van der Waals surface area contributed by atoms with E-state index in [2.05, 4.69) is 12.2 Å². The number of benzene rings is 1. The van der Waals surface area contributed by atoms with E-state index in [1.807, 2.05) is 12.1 Å². The van der Waals surface area contributed by atoms with E-state index in [4.69, 9.17) is 18.0 Å². The summed E-state index contributed by atoms with van der Waals surface area (Å²) in [6.07, 6.45) is 4.53. The fraction of sp³-hybridized carbons (Fsp3) is 0.467. The van der Waals surface area contributed by atoms with Crippen LogP contribution in [-0.2, 0) is 0 Å². The lowest BCUT2D eigenvalue weighted by atomic mass is 9.87. The van der Waals surface area contributed by atoms with E-state index in [1.54, 1.807) is 12.1 Å². The average Bonchev–Trinajstić information content (AvgIpc) is 2.41. The highest BCUT2D eigenvalue weighted by Crippen LogP contribution is 2.23. The molecule has 0 bridgehead atoms. The molecule has 0 unspecified atom stereocenters. The van der Waals surface area contributed by atoms with E-state index in [0.717, 1.165) is 24.3 Å². The number of carbonyl (C=O) groups is 1. The molecule has 0 aromatic heterocycles. The molecule has 0 saturated heterocycles. The van der Waals surface area contributed by atoms with E-state index < -0.39 is 0 Å². The normalized spacial score (nSPS) is 22.8. The van der Waals surface area contributed by atoms with Crippen LogP contribution in [0.5, 0.6) is 0 Å². The number of carbonyl (C=O) groups excluding carboxylic acids is 1. The van der Waals surface area contributed by atoms with Crippen LogP contribution in [0.25, 0.3) is 0 Å². The molecule has 0 aliphatic heterocycles. The third-order valence-corrected chi connectivity index (χ3v) is 4.00. The molecule has 19 heavy (non-hydrogen) atoms. The van der Waals surface area contributed by atoms with E-state index in [1.165, 1.54) is 12.8 Å². The van der Waals surface area contributed by atoms with Gasteiger partial charge in [0.2, 0.25) is 0 Å². The third kappa shape index (κ3) is 3.77. The molecule has 1 aliphatic rings. The van der Waals surface area contributed by atoms with Gasteiger partial charge in [-0.15, -0.1) is 0 Å². The molecule has 0 radical (unpaired) electrons. The van der Waals surface area contributed by atoms with Crippen LogP contribution < -0.4 is 11.1 Å². The first-order valence-corrected chi connectivity index (χ1v) is 7.18. The van der Waals surface area contributed by atoms with Crippen LogP contribution in [0.15, 0.2) is 24.3 Å². The Hall–Kier alpha value is -1.42. The van der Waals surface area contributed by atoms with Gasteiger partial charge >= 0.3 is 0 Å². The first kappa shape index (κ1) is 14.0. The van der Waals surface area contributed by atoms with Crippen molar-refractivity contribution in [2.24, 2.45) is 11.7 Å². The van der Waals surface area contributed by atoms with E-state index in [9.17, 15) is 4.79 Å². The van der Waals surface area contributed by atoms with Crippen LogP contribution in [0.4, 0.5) is 0 Å². The lowest BCUT2D eigenvalue weighted by molar-refractivity contribution is 0.0923. The maximum Gasteiger partial charge on any atom is 0.251 e. The highest BCUT2D eigenvalue weighted by Gasteiger charge is 2.20. The Morgan fingerprint density at radius 1 is 1.26 bits per heavy atom. The highest BCUT2D eigenvalue weighted by atomic mass is 32.1. The standard InChI is InChI=1S/C15H20N2OS/c1-10-5-7-13(8-6-10)17-15(18)12-4-2-3-11(9-12)14(16)19/h2-4,9-10,13H,5-8H2,1H3,(H2,16,19)(H,17,18). The number of thiocarbonyl (C=S) groups is 1. The van der Waals surface area contributed by atoms with Gasteiger partial charge in [-0.05, 0) is 43.7 Å². The van der Waals surface area contributed by atoms with Gasteiger partial charge in [0.05, 0.1) is 0 Å². The van der Waals surface area contributed by atoms with Crippen molar-refractivity contribution in [1.29, 1.82) is 0 Å². The van der Waals surface area contributed by atoms with Crippen LogP contribution in [0.3, 0.4) is 0 Å². The van der Waals surface area contributed by atoms with Crippen molar-refractivity contribution >= 4 is 23.1 Å². The molecule has 0 spiro atoms. The zero-order valence-electron chi connectivity index (χ0n) is 11.2. The molecule has 102 valence electrons. The Kier molecular flexibility index (Phi) is 4.53. The van der Waals surface area contributed by atoms with Gasteiger partial charge in [-0.2, -0.15) is 0 Å². The Balaban J connectivity index is 2.00. The summed E-state index contributed by atoms with van der Waals surface area (Å²) < 4.78 is 0. The molecule has 1 fully saturated rings. The summed E-state index contributed by atoms with van der Waals surface area (Å²) in [4.78, 5) is 12.5. The summed E-state index contributed by atoms with van der Waals surface area (Å²) in [7, 11) is 0. The Morgan fingerprint density at radius 3 is 2.53 bits per heavy atom. The number of nitrogens with one attached hydrogen (secondary N) is 1. The van der Waals surface area contributed by atoms with Crippen LogP contribution >= 0.6 is 12.2 Å². The first-order chi connectivity index (χ1) is 9.06. The molecular formula is C15H20N2OS. The van der Waals surface area contributed by atoms with Gasteiger partial charge in [0.1, 0.15) is 4.99 Å². The molecule has 1 aromatic rings. The second-order valence-electron chi connectivity index (χ2n) is 5.38. The second kappa shape index (κ2) is 6.15. The quantitative estimate of drug-likeness (QED) is 0.834. The molecule has 1 saturated carbocycles. The smallest absolute Gasteiger partial charge is 0.251 e. The van der Waals surface area contributed by atoms with E-state index in [-0.39, 0.29) is 5.91 Å². The maximum absolute atomic E-state index is 12.2. The summed E-state index contributed by atoms with van der Waals surface area (Å²) in [6, 6.07) is 7.48. The summed E-state index contributed by atoms with van der Waals surface area (Å²) >= 11 is 4.93. The lowest BCUT2D eigenvalue weighted by Gasteiger charge is -2.26. The van der Waals surface area contributed by atoms with Gasteiger partial charge in [-0.1, -0.05) is 31.3 Å². The zero-order valence-corrected chi connectivity index (χ0v) is 12.0. The van der Waals surface area contributed by atoms with Gasteiger partial charge in [0.25, 0.3) is 5.91 Å². The van der Waals surface area contributed by atoms with Crippen LogP contribution in [0.1, 0.15) is 48.5 Å². The number of hydrogen-bond donors (Lipinski definition) is 2. The molecule has 1 amide bonds. The predicted molar refractivity (Wildman–Crippen MR) is 81.2 cm³/mol. The summed E-state index contributed by atoms with van der Waals surface area (Å²) in [6.45, 7) is 2.27. The summed E-state index contributed by atoms with van der Waals surface area (Å²) in [5.41, 5.74) is 6.95. The number of rotatable bonds is 3.